The summed E-state index contributed by atoms with van der Waals surface area (Å²) in [5.41, 5.74) is 1.85. The standard InChI is InChI=1S/C21H29N5O/c1-16-8-3-4-10-18(16)21(27)26-13-7-9-17(14-26)20-23-22-19(24(20)2)15-25-11-5-6-12-25/h3-4,8,10,17H,5-7,9,11-15H2,1-2H3/t17-/m0/s1. The van der Waals surface area contributed by atoms with E-state index in [0.29, 0.717) is 0 Å². The Morgan fingerprint density at radius 3 is 2.67 bits per heavy atom. The first kappa shape index (κ1) is 18.2. The van der Waals surface area contributed by atoms with Gasteiger partial charge >= 0.3 is 0 Å². The Bertz CT molecular complexity index is 809. The molecule has 6 nitrogen and oxygen atoms in total. The molecule has 1 aromatic heterocycles. The second kappa shape index (κ2) is 7.80. The Morgan fingerprint density at radius 2 is 1.89 bits per heavy atom. The minimum absolute atomic E-state index is 0.136. The third-order valence-electron chi connectivity index (χ3n) is 6.01. The van der Waals surface area contributed by atoms with E-state index in [1.54, 1.807) is 0 Å². The zero-order valence-electron chi connectivity index (χ0n) is 16.4. The average Bonchev–Trinajstić information content (AvgIpc) is 3.32. The van der Waals surface area contributed by atoms with Crippen LogP contribution in [0.1, 0.15) is 59.2 Å². The molecule has 0 bridgehead atoms. The Hall–Kier alpha value is -2.21. The largest absolute Gasteiger partial charge is 0.338 e. The lowest BCUT2D eigenvalue weighted by atomic mass is 9.96. The summed E-state index contributed by atoms with van der Waals surface area (Å²) in [6.07, 6.45) is 4.64. The third kappa shape index (κ3) is 3.76. The van der Waals surface area contributed by atoms with Crippen LogP contribution in [0.15, 0.2) is 24.3 Å². The highest BCUT2D eigenvalue weighted by molar-refractivity contribution is 5.95. The van der Waals surface area contributed by atoms with Crippen molar-refractivity contribution in [2.45, 2.75) is 45.1 Å². The van der Waals surface area contributed by atoms with Crippen LogP contribution in [-0.2, 0) is 13.6 Å². The van der Waals surface area contributed by atoms with E-state index in [1.165, 1.54) is 12.8 Å². The summed E-state index contributed by atoms with van der Waals surface area (Å²) in [5, 5.41) is 8.98. The van der Waals surface area contributed by atoms with E-state index in [1.807, 2.05) is 36.1 Å². The molecule has 0 unspecified atom stereocenters. The van der Waals surface area contributed by atoms with E-state index >= 15 is 0 Å². The molecule has 3 heterocycles. The number of aryl methyl sites for hydroxylation is 1. The molecule has 0 spiro atoms. The lowest BCUT2D eigenvalue weighted by Crippen LogP contribution is -2.40. The third-order valence-corrected chi connectivity index (χ3v) is 6.01. The van der Waals surface area contributed by atoms with Gasteiger partial charge in [0.15, 0.2) is 0 Å². The number of nitrogens with zero attached hydrogens (tertiary/aromatic N) is 5. The van der Waals surface area contributed by atoms with Crippen molar-refractivity contribution in [3.63, 3.8) is 0 Å². The Morgan fingerprint density at radius 1 is 1.11 bits per heavy atom. The predicted molar refractivity (Wildman–Crippen MR) is 105 cm³/mol. The maximum absolute atomic E-state index is 13.0. The minimum Gasteiger partial charge on any atom is -0.338 e. The monoisotopic (exact) mass is 367 g/mol. The number of carbonyl (C=O) groups is 1. The van der Waals surface area contributed by atoms with Gasteiger partial charge in [-0.1, -0.05) is 18.2 Å². The van der Waals surface area contributed by atoms with E-state index in [2.05, 4.69) is 26.7 Å². The number of hydrogen-bond acceptors (Lipinski definition) is 4. The Balaban J connectivity index is 1.47. The molecule has 4 rings (SSSR count). The van der Waals surface area contributed by atoms with Crippen LogP contribution in [0.2, 0.25) is 0 Å². The van der Waals surface area contributed by atoms with Crippen LogP contribution in [0.3, 0.4) is 0 Å². The molecular formula is C21H29N5O. The maximum atomic E-state index is 13.0. The zero-order chi connectivity index (χ0) is 18.8. The van der Waals surface area contributed by atoms with E-state index < -0.39 is 0 Å². The van der Waals surface area contributed by atoms with Crippen LogP contribution >= 0.6 is 0 Å². The molecule has 2 aromatic rings. The molecule has 0 aliphatic carbocycles. The summed E-state index contributed by atoms with van der Waals surface area (Å²) < 4.78 is 2.16. The molecule has 144 valence electrons. The second-order valence-electron chi connectivity index (χ2n) is 7.92. The summed E-state index contributed by atoms with van der Waals surface area (Å²) in [6, 6.07) is 7.85. The van der Waals surface area contributed by atoms with E-state index in [-0.39, 0.29) is 11.8 Å². The fraction of sp³-hybridized carbons (Fsp3) is 0.571. The van der Waals surface area contributed by atoms with Gasteiger partial charge in [-0.15, -0.1) is 10.2 Å². The van der Waals surface area contributed by atoms with Crippen molar-refractivity contribution in [3.8, 4) is 0 Å². The first-order valence-electron chi connectivity index (χ1n) is 10.1. The van der Waals surface area contributed by atoms with Crippen molar-refractivity contribution in [2.75, 3.05) is 26.2 Å². The number of piperidine rings is 1. The number of amides is 1. The van der Waals surface area contributed by atoms with Crippen LogP contribution in [0.4, 0.5) is 0 Å². The summed E-state index contributed by atoms with van der Waals surface area (Å²) in [7, 11) is 2.07. The van der Waals surface area contributed by atoms with Crippen LogP contribution in [0, 0.1) is 6.92 Å². The molecular weight excluding hydrogens is 338 g/mol. The Kier molecular flexibility index (Phi) is 5.25. The van der Waals surface area contributed by atoms with Crippen molar-refractivity contribution in [1.29, 1.82) is 0 Å². The first-order valence-corrected chi connectivity index (χ1v) is 10.1. The molecule has 6 heteroatoms. The van der Waals surface area contributed by atoms with Gasteiger partial charge in [0, 0.05) is 31.6 Å². The summed E-state index contributed by atoms with van der Waals surface area (Å²) in [5.74, 6) is 2.45. The fourth-order valence-electron chi connectivity index (χ4n) is 4.36. The van der Waals surface area contributed by atoms with Gasteiger partial charge in [0.05, 0.1) is 6.54 Å². The topological polar surface area (TPSA) is 54.3 Å². The van der Waals surface area contributed by atoms with Crippen molar-refractivity contribution in [2.24, 2.45) is 7.05 Å². The summed E-state index contributed by atoms with van der Waals surface area (Å²) >= 11 is 0. The molecule has 1 amide bonds. The highest BCUT2D eigenvalue weighted by Gasteiger charge is 2.29. The molecule has 2 aliphatic rings. The quantitative estimate of drug-likeness (QED) is 0.834. The van der Waals surface area contributed by atoms with Gasteiger partial charge in [-0.25, -0.2) is 0 Å². The van der Waals surface area contributed by atoms with Gasteiger partial charge in [0.1, 0.15) is 11.6 Å². The van der Waals surface area contributed by atoms with Gasteiger partial charge in [-0.2, -0.15) is 0 Å². The number of hydrogen-bond donors (Lipinski definition) is 0. The van der Waals surface area contributed by atoms with E-state index in [4.69, 9.17) is 0 Å². The molecule has 1 atom stereocenters. The smallest absolute Gasteiger partial charge is 0.254 e. The van der Waals surface area contributed by atoms with E-state index in [9.17, 15) is 4.79 Å². The number of rotatable bonds is 4. The average molecular weight is 367 g/mol. The van der Waals surface area contributed by atoms with Gasteiger partial charge in [-0.3, -0.25) is 9.69 Å². The lowest BCUT2D eigenvalue weighted by molar-refractivity contribution is 0.0702. The molecule has 0 N–H and O–H groups in total. The second-order valence-corrected chi connectivity index (χ2v) is 7.92. The van der Waals surface area contributed by atoms with Crippen LogP contribution < -0.4 is 0 Å². The van der Waals surface area contributed by atoms with Gasteiger partial charge in [-0.05, 0) is 57.3 Å². The fourth-order valence-corrected chi connectivity index (χ4v) is 4.36. The van der Waals surface area contributed by atoms with Crippen LogP contribution in [0.25, 0.3) is 0 Å². The van der Waals surface area contributed by atoms with Crippen molar-refractivity contribution in [3.05, 3.63) is 47.0 Å². The molecule has 1 aromatic carbocycles. The molecule has 2 aliphatic heterocycles. The maximum Gasteiger partial charge on any atom is 0.254 e. The van der Waals surface area contributed by atoms with Crippen molar-refractivity contribution < 1.29 is 4.79 Å². The van der Waals surface area contributed by atoms with Crippen LogP contribution in [-0.4, -0.2) is 56.7 Å². The number of aromatic nitrogens is 3. The molecule has 2 fully saturated rings. The number of benzene rings is 1. The molecule has 2 saturated heterocycles. The van der Waals surface area contributed by atoms with Gasteiger partial charge in [0.2, 0.25) is 0 Å². The SMILES string of the molecule is Cc1ccccc1C(=O)N1CCC[C@H](c2nnc(CN3CCCC3)n2C)C1. The predicted octanol–water partition coefficient (Wildman–Crippen LogP) is 2.74. The number of carbonyl (C=O) groups excluding carboxylic acids is 1. The van der Waals surface area contributed by atoms with Crippen molar-refractivity contribution >= 4 is 5.91 Å². The Labute approximate surface area is 161 Å². The highest BCUT2D eigenvalue weighted by Crippen LogP contribution is 2.27. The number of likely N-dealkylation sites (tertiary alicyclic amines) is 2. The van der Waals surface area contributed by atoms with Crippen molar-refractivity contribution in [1.82, 2.24) is 24.6 Å². The molecule has 0 radical (unpaired) electrons. The lowest BCUT2D eigenvalue weighted by Gasteiger charge is -2.32. The summed E-state index contributed by atoms with van der Waals surface area (Å²) in [4.78, 5) is 17.4. The molecule has 27 heavy (non-hydrogen) atoms. The normalized spacial score (nSPS) is 21.0. The zero-order valence-corrected chi connectivity index (χ0v) is 16.4. The summed E-state index contributed by atoms with van der Waals surface area (Å²) in [6.45, 7) is 6.74. The van der Waals surface area contributed by atoms with Gasteiger partial charge in [0.25, 0.3) is 5.91 Å². The van der Waals surface area contributed by atoms with Gasteiger partial charge < -0.3 is 9.47 Å². The van der Waals surface area contributed by atoms with E-state index in [0.717, 1.165) is 68.3 Å². The first-order chi connectivity index (χ1) is 13.1. The molecule has 0 saturated carbocycles. The van der Waals surface area contributed by atoms with Crippen LogP contribution in [0.5, 0.6) is 0 Å². The minimum atomic E-state index is 0.136. The highest BCUT2D eigenvalue weighted by atomic mass is 16.2.